The van der Waals surface area contributed by atoms with E-state index in [2.05, 4.69) is 12.1 Å². The van der Waals surface area contributed by atoms with Crippen LogP contribution in [0.25, 0.3) is 0 Å². The third-order valence-corrected chi connectivity index (χ3v) is 4.09. The highest BCUT2D eigenvalue weighted by Gasteiger charge is 2.27. The van der Waals surface area contributed by atoms with E-state index < -0.39 is 6.98 Å². The zero-order valence-corrected chi connectivity index (χ0v) is 10.2. The van der Waals surface area contributed by atoms with Crippen LogP contribution in [0, 0.1) is 0 Å². The Labute approximate surface area is 108 Å². The van der Waals surface area contributed by atoms with Crippen molar-refractivity contribution in [1.29, 1.82) is 0 Å². The van der Waals surface area contributed by atoms with Gasteiger partial charge in [-0.3, -0.25) is 0 Å². The molecule has 1 aliphatic heterocycles. The Bertz CT molecular complexity index is 486. The standard InChI is InChI=1S/C15H22N2/c1-17-8-6-11(7-9-17)13-4-5-15(16)14(10-13)12-2-3-12/h4-5,10-12H,2-3,6-9,16H2,1H3/i1D3. The molecule has 2 N–H and O–H groups in total. The molecular weight excluding hydrogens is 208 g/mol. The number of rotatable bonds is 2. The SMILES string of the molecule is [2H]C([2H])([2H])N1CCC(c2ccc(N)c(C3CC3)c2)CC1. The topological polar surface area (TPSA) is 29.3 Å². The molecule has 0 atom stereocenters. The minimum atomic E-state index is -1.94. The molecule has 1 aliphatic carbocycles. The van der Waals surface area contributed by atoms with Gasteiger partial charge in [-0.1, -0.05) is 12.1 Å². The zero-order valence-electron chi connectivity index (χ0n) is 13.2. The molecule has 1 aromatic rings. The molecule has 3 rings (SSSR count). The molecular formula is C15H22N2. The number of nitrogens with two attached hydrogens (primary N) is 1. The van der Waals surface area contributed by atoms with Gasteiger partial charge in [-0.05, 0) is 74.8 Å². The first-order chi connectivity index (χ1) is 9.45. The first-order valence-electron chi connectivity index (χ1n) is 8.09. The monoisotopic (exact) mass is 233 g/mol. The van der Waals surface area contributed by atoms with E-state index in [0.717, 1.165) is 18.5 Å². The van der Waals surface area contributed by atoms with Gasteiger partial charge in [0, 0.05) is 9.80 Å². The fraction of sp³-hybridized carbons (Fsp3) is 0.600. The fourth-order valence-corrected chi connectivity index (χ4v) is 2.81. The second-order valence-electron chi connectivity index (χ2n) is 5.42. The van der Waals surface area contributed by atoms with Gasteiger partial charge in [0.15, 0.2) is 0 Å². The Hall–Kier alpha value is -1.02. The molecule has 0 amide bonds. The molecule has 0 aromatic heterocycles. The minimum absolute atomic E-state index is 0.478. The van der Waals surface area contributed by atoms with E-state index in [9.17, 15) is 0 Å². The van der Waals surface area contributed by atoms with E-state index in [0.29, 0.717) is 24.9 Å². The lowest BCUT2D eigenvalue weighted by Gasteiger charge is -2.29. The summed E-state index contributed by atoms with van der Waals surface area (Å²) < 4.78 is 22.4. The molecule has 2 heteroatoms. The lowest BCUT2D eigenvalue weighted by molar-refractivity contribution is 0.255. The van der Waals surface area contributed by atoms with Crippen molar-refractivity contribution in [3.8, 4) is 0 Å². The van der Waals surface area contributed by atoms with Crippen LogP contribution in [0.3, 0.4) is 0 Å². The Balaban J connectivity index is 1.70. The maximum absolute atomic E-state index is 7.47. The molecule has 0 spiro atoms. The lowest BCUT2D eigenvalue weighted by atomic mass is 9.88. The molecule has 0 bridgehead atoms. The van der Waals surface area contributed by atoms with Gasteiger partial charge >= 0.3 is 0 Å². The van der Waals surface area contributed by atoms with Crippen molar-refractivity contribution in [2.45, 2.75) is 37.5 Å². The number of hydrogen-bond donors (Lipinski definition) is 1. The smallest absolute Gasteiger partial charge is 0.0394 e. The van der Waals surface area contributed by atoms with Gasteiger partial charge in [0.2, 0.25) is 0 Å². The predicted molar refractivity (Wildman–Crippen MR) is 72.3 cm³/mol. The molecule has 1 aromatic carbocycles. The van der Waals surface area contributed by atoms with E-state index in [-0.39, 0.29) is 0 Å². The Kier molecular flexibility index (Phi) is 2.08. The van der Waals surface area contributed by atoms with Crippen LogP contribution in [0.2, 0.25) is 0 Å². The van der Waals surface area contributed by atoms with Crippen LogP contribution in [0.15, 0.2) is 18.2 Å². The van der Waals surface area contributed by atoms with Crippen LogP contribution in [0.4, 0.5) is 5.69 Å². The van der Waals surface area contributed by atoms with E-state index >= 15 is 0 Å². The third-order valence-electron chi connectivity index (χ3n) is 4.09. The van der Waals surface area contributed by atoms with Crippen LogP contribution >= 0.6 is 0 Å². The summed E-state index contributed by atoms with van der Waals surface area (Å²) in [5.41, 5.74) is 9.61. The van der Waals surface area contributed by atoms with E-state index in [1.165, 1.54) is 24.0 Å². The van der Waals surface area contributed by atoms with Crippen LogP contribution < -0.4 is 5.73 Å². The van der Waals surface area contributed by atoms with Gasteiger partial charge in [0.25, 0.3) is 0 Å². The van der Waals surface area contributed by atoms with Gasteiger partial charge < -0.3 is 10.6 Å². The quantitative estimate of drug-likeness (QED) is 0.796. The lowest BCUT2D eigenvalue weighted by Crippen LogP contribution is -2.29. The van der Waals surface area contributed by atoms with Gasteiger partial charge in [-0.15, -0.1) is 0 Å². The molecule has 2 aliphatic rings. The van der Waals surface area contributed by atoms with Crippen molar-refractivity contribution >= 4 is 5.69 Å². The molecule has 2 nitrogen and oxygen atoms in total. The number of benzene rings is 1. The second kappa shape index (κ2) is 4.34. The maximum Gasteiger partial charge on any atom is 0.0394 e. The summed E-state index contributed by atoms with van der Waals surface area (Å²) in [6.45, 7) is -0.625. The van der Waals surface area contributed by atoms with Crippen LogP contribution in [-0.2, 0) is 0 Å². The molecule has 0 unspecified atom stereocenters. The molecule has 1 saturated carbocycles. The zero-order chi connectivity index (χ0) is 14.3. The summed E-state index contributed by atoms with van der Waals surface area (Å²) in [5.74, 6) is 1.14. The minimum Gasteiger partial charge on any atom is -0.398 e. The van der Waals surface area contributed by atoms with Gasteiger partial charge in [0.05, 0.1) is 0 Å². The molecule has 2 fully saturated rings. The van der Waals surface area contributed by atoms with Crippen LogP contribution in [0.5, 0.6) is 0 Å². The van der Waals surface area contributed by atoms with Gasteiger partial charge in [0.1, 0.15) is 0 Å². The molecule has 1 heterocycles. The second-order valence-corrected chi connectivity index (χ2v) is 5.42. The third kappa shape index (κ3) is 2.32. The number of likely N-dealkylation sites (tertiary alicyclic amines) is 1. The average molecular weight is 233 g/mol. The largest absolute Gasteiger partial charge is 0.398 e. The Morgan fingerprint density at radius 1 is 1.18 bits per heavy atom. The highest BCUT2D eigenvalue weighted by molar-refractivity contribution is 5.52. The van der Waals surface area contributed by atoms with Gasteiger partial charge in [-0.25, -0.2) is 0 Å². The van der Waals surface area contributed by atoms with Crippen molar-refractivity contribution in [2.24, 2.45) is 0 Å². The highest BCUT2D eigenvalue weighted by atomic mass is 15.1. The van der Waals surface area contributed by atoms with E-state index in [1.54, 1.807) is 4.90 Å². The number of nitrogen functional groups attached to an aromatic ring is 1. The summed E-state index contributed by atoms with van der Waals surface area (Å²) in [7, 11) is 0. The number of anilines is 1. The summed E-state index contributed by atoms with van der Waals surface area (Å²) in [6, 6.07) is 6.42. The summed E-state index contributed by atoms with van der Waals surface area (Å²) >= 11 is 0. The maximum atomic E-state index is 7.47. The van der Waals surface area contributed by atoms with Crippen molar-refractivity contribution in [2.75, 3.05) is 25.8 Å². The van der Waals surface area contributed by atoms with Crippen molar-refractivity contribution in [1.82, 2.24) is 4.90 Å². The first kappa shape index (κ1) is 8.15. The molecule has 1 saturated heterocycles. The first-order valence-corrected chi connectivity index (χ1v) is 6.59. The Morgan fingerprint density at radius 3 is 2.59 bits per heavy atom. The fourth-order valence-electron chi connectivity index (χ4n) is 2.81. The number of hydrogen-bond acceptors (Lipinski definition) is 2. The highest BCUT2D eigenvalue weighted by Crippen LogP contribution is 2.44. The number of nitrogens with zero attached hydrogens (tertiary/aromatic N) is 1. The summed E-state index contributed by atoms with van der Waals surface area (Å²) in [6.07, 6.45) is 4.36. The normalized spacial score (nSPS) is 26.2. The molecule has 0 radical (unpaired) electrons. The van der Waals surface area contributed by atoms with Gasteiger partial charge in [-0.2, -0.15) is 0 Å². The predicted octanol–water partition coefficient (Wildman–Crippen LogP) is 2.96. The van der Waals surface area contributed by atoms with Crippen LogP contribution in [-0.4, -0.2) is 25.0 Å². The van der Waals surface area contributed by atoms with E-state index in [4.69, 9.17) is 9.85 Å². The number of piperidine rings is 1. The molecule has 17 heavy (non-hydrogen) atoms. The average Bonchev–Trinajstić information content (AvgIpc) is 3.23. The van der Waals surface area contributed by atoms with Crippen molar-refractivity contribution in [3.63, 3.8) is 0 Å². The summed E-state index contributed by atoms with van der Waals surface area (Å²) in [5, 5.41) is 0. The van der Waals surface area contributed by atoms with Crippen molar-refractivity contribution in [3.05, 3.63) is 29.3 Å². The van der Waals surface area contributed by atoms with Crippen molar-refractivity contribution < 1.29 is 4.11 Å². The van der Waals surface area contributed by atoms with E-state index in [1.807, 2.05) is 6.07 Å². The van der Waals surface area contributed by atoms with Crippen LogP contribution in [0.1, 0.15) is 52.8 Å². The Morgan fingerprint density at radius 2 is 1.94 bits per heavy atom. The molecule has 92 valence electrons. The summed E-state index contributed by atoms with van der Waals surface area (Å²) in [4.78, 5) is 1.61.